The Hall–Kier alpha value is -1.42. The summed E-state index contributed by atoms with van der Waals surface area (Å²) in [5.74, 6) is 0.0999. The van der Waals surface area contributed by atoms with Gasteiger partial charge in [0.25, 0.3) is 5.56 Å². The third-order valence-corrected chi connectivity index (χ3v) is 2.74. The van der Waals surface area contributed by atoms with Gasteiger partial charge in [-0.05, 0) is 18.9 Å². The third-order valence-electron chi connectivity index (χ3n) is 2.74. The van der Waals surface area contributed by atoms with E-state index >= 15 is 0 Å². The van der Waals surface area contributed by atoms with Crippen LogP contribution in [-0.2, 0) is 13.0 Å². The summed E-state index contributed by atoms with van der Waals surface area (Å²) in [6.07, 6.45) is 2.10. The van der Waals surface area contributed by atoms with Gasteiger partial charge in [-0.15, -0.1) is 0 Å². The van der Waals surface area contributed by atoms with E-state index in [1.165, 1.54) is 10.6 Å². The first-order valence-corrected chi connectivity index (χ1v) is 5.11. The largest absolute Gasteiger partial charge is 0.395 e. The maximum Gasteiger partial charge on any atom is 0.250 e. The van der Waals surface area contributed by atoms with Gasteiger partial charge in [0.2, 0.25) is 0 Å². The molecule has 1 aliphatic carbocycles. The second-order valence-corrected chi connectivity index (χ2v) is 3.68. The van der Waals surface area contributed by atoms with Gasteiger partial charge in [0.15, 0.2) is 5.78 Å². The number of aliphatic hydroxyl groups is 1. The number of fused-ring (bicyclic) bond motifs is 1. The Kier molecular flexibility index (Phi) is 2.68. The first kappa shape index (κ1) is 10.1. The predicted molar refractivity (Wildman–Crippen MR) is 55.1 cm³/mol. The van der Waals surface area contributed by atoms with Gasteiger partial charge in [-0.25, -0.2) is 0 Å². The molecule has 80 valence electrons. The van der Waals surface area contributed by atoms with E-state index in [-0.39, 0.29) is 24.5 Å². The Bertz CT molecular complexity index is 448. The minimum Gasteiger partial charge on any atom is -0.395 e. The van der Waals surface area contributed by atoms with E-state index < -0.39 is 0 Å². The SMILES string of the molecule is O=C1CCCc2c1ccc(=O)n2CCO. The van der Waals surface area contributed by atoms with Gasteiger partial charge in [-0.2, -0.15) is 0 Å². The number of nitrogens with zero attached hydrogens (tertiary/aromatic N) is 1. The number of rotatable bonds is 2. The molecule has 4 heteroatoms. The van der Waals surface area contributed by atoms with Crippen molar-refractivity contribution in [2.24, 2.45) is 0 Å². The molecule has 0 bridgehead atoms. The van der Waals surface area contributed by atoms with Gasteiger partial charge in [0.1, 0.15) is 0 Å². The molecule has 0 unspecified atom stereocenters. The second kappa shape index (κ2) is 3.98. The highest BCUT2D eigenvalue weighted by atomic mass is 16.3. The van der Waals surface area contributed by atoms with Crippen molar-refractivity contribution in [3.8, 4) is 0 Å². The van der Waals surface area contributed by atoms with Gasteiger partial charge >= 0.3 is 0 Å². The molecule has 4 nitrogen and oxygen atoms in total. The molecular weight excluding hydrogens is 194 g/mol. The number of ketones is 1. The molecule has 0 spiro atoms. The maximum atomic E-state index is 11.6. The summed E-state index contributed by atoms with van der Waals surface area (Å²) >= 11 is 0. The summed E-state index contributed by atoms with van der Waals surface area (Å²) in [4.78, 5) is 23.1. The lowest BCUT2D eigenvalue weighted by molar-refractivity contribution is 0.0969. The molecule has 1 aromatic rings. The average molecular weight is 207 g/mol. The van der Waals surface area contributed by atoms with Crippen LogP contribution in [-0.4, -0.2) is 22.1 Å². The summed E-state index contributed by atoms with van der Waals surface area (Å²) in [6.45, 7) is 0.194. The number of hydrogen-bond acceptors (Lipinski definition) is 3. The molecule has 0 aliphatic heterocycles. The quantitative estimate of drug-likeness (QED) is 0.761. The van der Waals surface area contributed by atoms with Crippen LogP contribution in [0.1, 0.15) is 28.9 Å². The van der Waals surface area contributed by atoms with Gasteiger partial charge in [0, 0.05) is 30.3 Å². The Morgan fingerprint density at radius 2 is 2.07 bits per heavy atom. The van der Waals surface area contributed by atoms with E-state index in [9.17, 15) is 9.59 Å². The zero-order valence-electron chi connectivity index (χ0n) is 8.40. The molecule has 0 fully saturated rings. The highest BCUT2D eigenvalue weighted by Gasteiger charge is 2.20. The van der Waals surface area contributed by atoms with Crippen LogP contribution in [0.15, 0.2) is 16.9 Å². The molecule has 0 aromatic carbocycles. The molecule has 0 atom stereocenters. The number of carbonyl (C=O) groups excluding carboxylic acids is 1. The molecule has 0 amide bonds. The lowest BCUT2D eigenvalue weighted by Crippen LogP contribution is -2.28. The summed E-state index contributed by atoms with van der Waals surface area (Å²) in [5, 5.41) is 8.87. The monoisotopic (exact) mass is 207 g/mol. The highest BCUT2D eigenvalue weighted by molar-refractivity contribution is 5.97. The fourth-order valence-corrected chi connectivity index (χ4v) is 2.04. The van der Waals surface area contributed by atoms with Crippen LogP contribution in [0.2, 0.25) is 0 Å². The topological polar surface area (TPSA) is 59.3 Å². The van der Waals surface area contributed by atoms with Crippen molar-refractivity contribution in [2.75, 3.05) is 6.61 Å². The normalized spacial score (nSPS) is 15.1. The Morgan fingerprint density at radius 1 is 1.27 bits per heavy atom. The average Bonchev–Trinajstić information content (AvgIpc) is 2.23. The smallest absolute Gasteiger partial charge is 0.250 e. The summed E-state index contributed by atoms with van der Waals surface area (Å²) in [7, 11) is 0. The van der Waals surface area contributed by atoms with Crippen molar-refractivity contribution in [1.29, 1.82) is 0 Å². The fraction of sp³-hybridized carbons (Fsp3) is 0.455. The predicted octanol–water partition coefficient (Wildman–Crippen LogP) is 0.360. The van der Waals surface area contributed by atoms with Crippen molar-refractivity contribution in [3.63, 3.8) is 0 Å². The van der Waals surface area contributed by atoms with Gasteiger partial charge in [0.05, 0.1) is 6.61 Å². The van der Waals surface area contributed by atoms with E-state index in [4.69, 9.17) is 5.11 Å². The van der Waals surface area contributed by atoms with Crippen molar-refractivity contribution < 1.29 is 9.90 Å². The van der Waals surface area contributed by atoms with E-state index in [1.807, 2.05) is 0 Å². The summed E-state index contributed by atoms with van der Waals surface area (Å²) in [6, 6.07) is 3.00. The van der Waals surface area contributed by atoms with Gasteiger partial charge < -0.3 is 9.67 Å². The molecule has 1 heterocycles. The first-order chi connectivity index (χ1) is 7.24. The molecule has 0 saturated carbocycles. The zero-order chi connectivity index (χ0) is 10.8. The number of aromatic nitrogens is 1. The number of Topliss-reactive ketones (excluding diaryl/α,β-unsaturated/α-hetero) is 1. The summed E-state index contributed by atoms with van der Waals surface area (Å²) in [5.41, 5.74) is 1.29. The first-order valence-electron chi connectivity index (χ1n) is 5.11. The van der Waals surface area contributed by atoms with Crippen LogP contribution >= 0.6 is 0 Å². The minimum atomic E-state index is -0.141. The fourth-order valence-electron chi connectivity index (χ4n) is 2.04. The Labute approximate surface area is 87.2 Å². The van der Waals surface area contributed by atoms with E-state index in [0.717, 1.165) is 18.5 Å². The summed E-state index contributed by atoms with van der Waals surface area (Å²) < 4.78 is 1.51. The molecule has 1 N–H and O–H groups in total. The van der Waals surface area contributed by atoms with Crippen LogP contribution in [0.25, 0.3) is 0 Å². The van der Waals surface area contributed by atoms with Crippen LogP contribution < -0.4 is 5.56 Å². The second-order valence-electron chi connectivity index (χ2n) is 3.68. The lowest BCUT2D eigenvalue weighted by Gasteiger charge is -2.19. The molecule has 2 rings (SSSR count). The van der Waals surface area contributed by atoms with Gasteiger partial charge in [-0.3, -0.25) is 9.59 Å². The van der Waals surface area contributed by atoms with Crippen molar-refractivity contribution >= 4 is 5.78 Å². The molecular formula is C11H13NO3. The van der Waals surface area contributed by atoms with Crippen molar-refractivity contribution in [1.82, 2.24) is 4.57 Å². The molecule has 15 heavy (non-hydrogen) atoms. The van der Waals surface area contributed by atoms with Gasteiger partial charge in [-0.1, -0.05) is 0 Å². The van der Waals surface area contributed by atoms with Crippen LogP contribution in [0.4, 0.5) is 0 Å². The van der Waals surface area contributed by atoms with Crippen molar-refractivity contribution in [2.45, 2.75) is 25.8 Å². The Morgan fingerprint density at radius 3 is 2.80 bits per heavy atom. The Balaban J connectivity index is 2.58. The molecule has 0 radical (unpaired) electrons. The molecule has 1 aromatic heterocycles. The van der Waals surface area contributed by atoms with Crippen LogP contribution in [0.5, 0.6) is 0 Å². The van der Waals surface area contributed by atoms with E-state index in [2.05, 4.69) is 0 Å². The molecule has 1 aliphatic rings. The number of carbonyl (C=O) groups is 1. The third kappa shape index (κ3) is 1.72. The zero-order valence-corrected chi connectivity index (χ0v) is 8.40. The van der Waals surface area contributed by atoms with E-state index in [1.54, 1.807) is 6.07 Å². The maximum absolute atomic E-state index is 11.6. The number of hydrogen-bond donors (Lipinski definition) is 1. The highest BCUT2D eigenvalue weighted by Crippen LogP contribution is 2.19. The standard InChI is InChI=1S/C11H13NO3/c13-7-6-12-9-2-1-3-10(14)8(9)4-5-11(12)15/h4-5,13H,1-3,6-7H2. The van der Waals surface area contributed by atoms with Crippen LogP contribution in [0.3, 0.4) is 0 Å². The number of aliphatic hydroxyl groups excluding tert-OH is 1. The lowest BCUT2D eigenvalue weighted by atomic mass is 9.94. The minimum absolute atomic E-state index is 0.0788. The number of pyridine rings is 1. The van der Waals surface area contributed by atoms with Crippen molar-refractivity contribution in [3.05, 3.63) is 33.7 Å². The van der Waals surface area contributed by atoms with E-state index in [0.29, 0.717) is 12.0 Å². The van der Waals surface area contributed by atoms with Crippen LogP contribution in [0, 0.1) is 0 Å². The molecule has 0 saturated heterocycles.